The standard InChI is InChI=1S/C15H23N3O5S2.ClH/c1-12-2-3-14(24(19,20)18-5-4-13(16)11-18)10-15(12)25(21,22)17-6-8-23-9-7-17;/h2-3,10,13H,4-9,11,16H2,1H3;1H/t13-;/m1./s1. The first-order chi connectivity index (χ1) is 11.7. The lowest BCUT2D eigenvalue weighted by molar-refractivity contribution is 0.0730. The molecule has 2 aliphatic heterocycles. The van der Waals surface area contributed by atoms with Gasteiger partial charge in [-0.2, -0.15) is 8.61 Å². The third-order valence-corrected chi connectivity index (χ3v) is 8.47. The van der Waals surface area contributed by atoms with E-state index in [2.05, 4.69) is 0 Å². The first kappa shape index (κ1) is 21.5. The molecule has 0 radical (unpaired) electrons. The van der Waals surface area contributed by atoms with E-state index in [0.717, 1.165) is 0 Å². The van der Waals surface area contributed by atoms with Crippen molar-refractivity contribution in [2.75, 3.05) is 39.4 Å². The number of morpholine rings is 1. The van der Waals surface area contributed by atoms with Gasteiger partial charge in [-0.1, -0.05) is 6.07 Å². The minimum atomic E-state index is -3.76. The number of rotatable bonds is 4. The zero-order chi connectivity index (χ0) is 18.2. The van der Waals surface area contributed by atoms with Gasteiger partial charge in [0.15, 0.2) is 0 Å². The molecule has 8 nitrogen and oxygen atoms in total. The molecule has 2 aliphatic rings. The minimum absolute atomic E-state index is 0. The SMILES string of the molecule is Cc1ccc(S(=O)(=O)N2CC[C@@H](N)C2)cc1S(=O)(=O)N1CCOCC1.Cl. The van der Waals surface area contributed by atoms with Gasteiger partial charge in [-0.25, -0.2) is 16.8 Å². The van der Waals surface area contributed by atoms with E-state index >= 15 is 0 Å². The average Bonchev–Trinajstić information content (AvgIpc) is 3.03. The number of hydrogen-bond donors (Lipinski definition) is 1. The van der Waals surface area contributed by atoms with E-state index in [4.69, 9.17) is 10.5 Å². The normalized spacial score (nSPS) is 22.9. The summed E-state index contributed by atoms with van der Waals surface area (Å²) in [6.45, 7) is 3.46. The number of hydrogen-bond acceptors (Lipinski definition) is 6. The summed E-state index contributed by atoms with van der Waals surface area (Å²) in [7, 11) is -7.52. The van der Waals surface area contributed by atoms with Crippen molar-refractivity contribution in [3.05, 3.63) is 23.8 Å². The second-order valence-electron chi connectivity index (χ2n) is 6.36. The lowest BCUT2D eigenvalue weighted by atomic mass is 10.2. The highest BCUT2D eigenvalue weighted by Gasteiger charge is 2.33. The number of aryl methyl sites for hydroxylation is 1. The van der Waals surface area contributed by atoms with Gasteiger partial charge in [0.05, 0.1) is 23.0 Å². The maximum absolute atomic E-state index is 12.9. The third-order valence-electron chi connectivity index (χ3n) is 4.57. The van der Waals surface area contributed by atoms with Crippen LogP contribution in [-0.4, -0.2) is 70.9 Å². The van der Waals surface area contributed by atoms with Crippen molar-refractivity contribution in [3.63, 3.8) is 0 Å². The summed E-state index contributed by atoms with van der Waals surface area (Å²) in [4.78, 5) is 0.0120. The lowest BCUT2D eigenvalue weighted by Crippen LogP contribution is -2.41. The Morgan fingerprint density at radius 3 is 2.27 bits per heavy atom. The largest absolute Gasteiger partial charge is 0.379 e. The van der Waals surface area contributed by atoms with Crippen molar-refractivity contribution >= 4 is 32.5 Å². The zero-order valence-corrected chi connectivity index (χ0v) is 16.9. The van der Waals surface area contributed by atoms with E-state index in [1.54, 1.807) is 6.92 Å². The van der Waals surface area contributed by atoms with Gasteiger partial charge in [-0.15, -0.1) is 12.4 Å². The van der Waals surface area contributed by atoms with Gasteiger partial charge in [0.25, 0.3) is 0 Å². The summed E-state index contributed by atoms with van der Waals surface area (Å²) < 4.78 is 59.2. The number of benzene rings is 1. The van der Waals surface area contributed by atoms with Crippen LogP contribution < -0.4 is 5.73 Å². The topological polar surface area (TPSA) is 110 Å². The molecule has 2 heterocycles. The quantitative estimate of drug-likeness (QED) is 0.735. The summed E-state index contributed by atoms with van der Waals surface area (Å²) in [5.41, 5.74) is 6.32. The van der Waals surface area contributed by atoms with E-state index in [0.29, 0.717) is 31.7 Å². The highest BCUT2D eigenvalue weighted by Crippen LogP contribution is 2.27. The molecule has 2 saturated heterocycles. The van der Waals surface area contributed by atoms with Crippen LogP contribution in [0, 0.1) is 6.92 Å². The second-order valence-corrected chi connectivity index (χ2v) is 10.2. The molecule has 0 spiro atoms. The van der Waals surface area contributed by atoms with E-state index in [-0.39, 0.29) is 47.9 Å². The number of sulfonamides is 2. The average molecular weight is 426 g/mol. The van der Waals surface area contributed by atoms with E-state index in [9.17, 15) is 16.8 Å². The van der Waals surface area contributed by atoms with Crippen LogP contribution in [0.15, 0.2) is 28.0 Å². The molecule has 0 amide bonds. The summed E-state index contributed by atoms with van der Waals surface area (Å²) in [6, 6.07) is 4.07. The Hall–Kier alpha value is -0.750. The van der Waals surface area contributed by atoms with Crippen molar-refractivity contribution in [3.8, 4) is 0 Å². The Morgan fingerprint density at radius 2 is 1.69 bits per heavy atom. The number of nitrogens with two attached hydrogens (primary N) is 1. The van der Waals surface area contributed by atoms with Crippen molar-refractivity contribution in [1.29, 1.82) is 0 Å². The summed E-state index contributed by atoms with van der Waals surface area (Å²) in [5.74, 6) is 0. The van der Waals surface area contributed by atoms with Crippen molar-refractivity contribution in [2.24, 2.45) is 5.73 Å². The Bertz CT molecular complexity index is 854. The number of nitrogens with zero attached hydrogens (tertiary/aromatic N) is 2. The molecule has 0 saturated carbocycles. The summed E-state index contributed by atoms with van der Waals surface area (Å²) in [6.07, 6.45) is 0.601. The van der Waals surface area contributed by atoms with Crippen LogP contribution >= 0.6 is 12.4 Å². The number of ether oxygens (including phenoxy) is 1. The maximum atomic E-state index is 12.9. The molecule has 148 valence electrons. The molecular weight excluding hydrogens is 402 g/mol. The maximum Gasteiger partial charge on any atom is 0.243 e. The third kappa shape index (κ3) is 4.06. The second kappa shape index (κ2) is 8.09. The summed E-state index contributed by atoms with van der Waals surface area (Å²) >= 11 is 0. The Balaban J connectivity index is 0.00000243. The highest BCUT2D eigenvalue weighted by molar-refractivity contribution is 7.90. The molecule has 26 heavy (non-hydrogen) atoms. The molecule has 0 aliphatic carbocycles. The lowest BCUT2D eigenvalue weighted by Gasteiger charge is -2.27. The van der Waals surface area contributed by atoms with Gasteiger partial charge < -0.3 is 10.5 Å². The fraction of sp³-hybridized carbons (Fsp3) is 0.600. The predicted octanol–water partition coefficient (Wildman–Crippen LogP) is 0.159. The van der Waals surface area contributed by atoms with Crippen LogP contribution in [0.3, 0.4) is 0 Å². The molecule has 1 atom stereocenters. The van der Waals surface area contributed by atoms with E-state index < -0.39 is 20.0 Å². The molecule has 1 aromatic rings. The summed E-state index contributed by atoms with van der Waals surface area (Å²) in [5, 5.41) is 0. The molecule has 0 unspecified atom stereocenters. The van der Waals surface area contributed by atoms with Crippen LogP contribution in [0.5, 0.6) is 0 Å². The molecule has 11 heteroatoms. The fourth-order valence-corrected chi connectivity index (χ4v) is 6.34. The van der Waals surface area contributed by atoms with Crippen LogP contribution in [0.4, 0.5) is 0 Å². The molecular formula is C15H24ClN3O5S2. The molecule has 2 N–H and O–H groups in total. The van der Waals surface area contributed by atoms with E-state index in [1.165, 1.54) is 26.8 Å². The fourth-order valence-electron chi connectivity index (χ4n) is 3.07. The van der Waals surface area contributed by atoms with Gasteiger partial charge in [0, 0.05) is 32.2 Å². The molecule has 3 rings (SSSR count). The smallest absolute Gasteiger partial charge is 0.243 e. The van der Waals surface area contributed by atoms with E-state index in [1.807, 2.05) is 0 Å². The Labute approximate surface area is 160 Å². The molecule has 0 bridgehead atoms. The molecule has 1 aromatic carbocycles. The Kier molecular flexibility index (Phi) is 6.71. The van der Waals surface area contributed by atoms with Gasteiger partial charge in [0.1, 0.15) is 0 Å². The van der Waals surface area contributed by atoms with Crippen molar-refractivity contribution in [1.82, 2.24) is 8.61 Å². The van der Waals surface area contributed by atoms with Gasteiger partial charge in [-0.05, 0) is 31.0 Å². The highest BCUT2D eigenvalue weighted by atomic mass is 35.5. The zero-order valence-electron chi connectivity index (χ0n) is 14.5. The monoisotopic (exact) mass is 425 g/mol. The minimum Gasteiger partial charge on any atom is -0.379 e. The molecule has 2 fully saturated rings. The van der Waals surface area contributed by atoms with Crippen molar-refractivity contribution in [2.45, 2.75) is 29.2 Å². The van der Waals surface area contributed by atoms with Gasteiger partial charge >= 0.3 is 0 Å². The van der Waals surface area contributed by atoms with Crippen LogP contribution in [0.1, 0.15) is 12.0 Å². The van der Waals surface area contributed by atoms with Gasteiger partial charge in [-0.3, -0.25) is 0 Å². The van der Waals surface area contributed by atoms with Gasteiger partial charge in [0.2, 0.25) is 20.0 Å². The molecule has 0 aromatic heterocycles. The van der Waals surface area contributed by atoms with Crippen LogP contribution in [0.25, 0.3) is 0 Å². The van der Waals surface area contributed by atoms with Crippen LogP contribution in [-0.2, 0) is 24.8 Å². The first-order valence-corrected chi connectivity index (χ1v) is 11.1. The number of halogens is 1. The predicted molar refractivity (Wildman–Crippen MR) is 99.4 cm³/mol. The Morgan fingerprint density at radius 1 is 1.04 bits per heavy atom. The van der Waals surface area contributed by atoms with Crippen molar-refractivity contribution < 1.29 is 21.6 Å². The first-order valence-electron chi connectivity index (χ1n) is 8.17. The van der Waals surface area contributed by atoms with Crippen LogP contribution in [0.2, 0.25) is 0 Å².